The number of hydrogen-bond donors (Lipinski definition) is 2. The number of nitrogens with one attached hydrogen (secondary N) is 2. The van der Waals surface area contributed by atoms with Gasteiger partial charge in [-0.25, -0.2) is 0 Å². The van der Waals surface area contributed by atoms with Crippen molar-refractivity contribution in [2.75, 3.05) is 0 Å². The summed E-state index contributed by atoms with van der Waals surface area (Å²) < 4.78 is 7.18. The van der Waals surface area contributed by atoms with Crippen LogP contribution in [-0.4, -0.2) is 15.5 Å². The molecule has 0 saturated heterocycles. The van der Waals surface area contributed by atoms with Gasteiger partial charge in [-0.15, -0.1) is 0 Å². The van der Waals surface area contributed by atoms with Gasteiger partial charge >= 0.3 is 11.1 Å². The smallest absolute Gasteiger partial charge is 0.316 e. The molecule has 4 rings (SSSR count). The number of carbonyl (C=O) groups is 1. The number of amides is 1. The van der Waals surface area contributed by atoms with Crippen molar-refractivity contribution >= 4 is 27.9 Å². The lowest BCUT2D eigenvalue weighted by Gasteiger charge is -2.12. The van der Waals surface area contributed by atoms with E-state index in [9.17, 15) is 14.4 Å². The zero-order chi connectivity index (χ0) is 19.8. The van der Waals surface area contributed by atoms with Crippen LogP contribution in [0.3, 0.4) is 0 Å². The number of aryl methyl sites for hydroxylation is 1. The molecule has 0 unspecified atom stereocenters. The van der Waals surface area contributed by atoms with E-state index >= 15 is 0 Å². The van der Waals surface area contributed by atoms with E-state index < -0.39 is 11.1 Å². The van der Waals surface area contributed by atoms with Crippen LogP contribution in [0.25, 0.3) is 22.0 Å². The minimum absolute atomic E-state index is 0.301. The molecule has 2 heterocycles. The standard InChI is InChI=1S/C21H19N3O4/c1-3-24-16-9-8-14(10-15(16)23-20(26)21(24)27)19(25)22-12(2)18-11-13-6-4-5-7-17(13)28-18/h4-12H,3H2,1-2H3,(H,22,25)(H,23,26)/t12-/m0/s1. The first-order chi connectivity index (χ1) is 13.5. The molecule has 0 saturated carbocycles. The molecule has 0 aliphatic carbocycles. The lowest BCUT2D eigenvalue weighted by Crippen LogP contribution is -2.36. The Morgan fingerprint density at radius 1 is 1.18 bits per heavy atom. The number of H-pyrrole nitrogens is 1. The Labute approximate surface area is 159 Å². The number of rotatable bonds is 4. The summed E-state index contributed by atoms with van der Waals surface area (Å²) in [6, 6.07) is 14.1. The minimum atomic E-state index is -0.706. The topological polar surface area (TPSA) is 97.1 Å². The molecule has 2 aromatic heterocycles. The van der Waals surface area contributed by atoms with Crippen molar-refractivity contribution in [1.82, 2.24) is 14.9 Å². The van der Waals surface area contributed by atoms with Crippen LogP contribution in [0.1, 0.15) is 36.0 Å². The molecule has 142 valence electrons. The van der Waals surface area contributed by atoms with E-state index in [1.54, 1.807) is 25.1 Å². The maximum atomic E-state index is 12.7. The van der Waals surface area contributed by atoms with Crippen molar-refractivity contribution in [2.24, 2.45) is 0 Å². The second-order valence-corrected chi connectivity index (χ2v) is 6.62. The number of benzene rings is 2. The molecule has 7 nitrogen and oxygen atoms in total. The van der Waals surface area contributed by atoms with Gasteiger partial charge < -0.3 is 19.3 Å². The summed E-state index contributed by atoms with van der Waals surface area (Å²) >= 11 is 0. The molecule has 7 heteroatoms. The first-order valence-electron chi connectivity index (χ1n) is 9.04. The van der Waals surface area contributed by atoms with Crippen LogP contribution >= 0.6 is 0 Å². The van der Waals surface area contributed by atoms with Gasteiger partial charge in [-0.2, -0.15) is 0 Å². The zero-order valence-electron chi connectivity index (χ0n) is 15.5. The lowest BCUT2D eigenvalue weighted by atomic mass is 10.1. The Morgan fingerprint density at radius 2 is 1.96 bits per heavy atom. The van der Waals surface area contributed by atoms with E-state index in [1.165, 1.54) is 4.57 Å². The van der Waals surface area contributed by atoms with Crippen LogP contribution < -0.4 is 16.4 Å². The van der Waals surface area contributed by atoms with Gasteiger partial charge in [0.15, 0.2) is 0 Å². The molecule has 2 aromatic carbocycles. The highest BCUT2D eigenvalue weighted by Crippen LogP contribution is 2.24. The summed E-state index contributed by atoms with van der Waals surface area (Å²) in [6.45, 7) is 4.00. The normalized spacial score (nSPS) is 12.4. The summed E-state index contributed by atoms with van der Waals surface area (Å²) in [5.74, 6) is 0.355. The molecule has 4 aromatic rings. The fourth-order valence-corrected chi connectivity index (χ4v) is 3.30. The van der Waals surface area contributed by atoms with Gasteiger partial charge in [-0.3, -0.25) is 14.4 Å². The number of hydrogen-bond acceptors (Lipinski definition) is 4. The maximum absolute atomic E-state index is 12.7. The monoisotopic (exact) mass is 377 g/mol. The Bertz CT molecular complexity index is 1280. The quantitative estimate of drug-likeness (QED) is 0.534. The van der Waals surface area contributed by atoms with E-state index in [4.69, 9.17) is 4.42 Å². The van der Waals surface area contributed by atoms with E-state index in [0.717, 1.165) is 11.0 Å². The molecule has 0 bridgehead atoms. The third kappa shape index (κ3) is 3.00. The van der Waals surface area contributed by atoms with Crippen molar-refractivity contribution in [2.45, 2.75) is 26.4 Å². The molecular weight excluding hydrogens is 358 g/mol. The summed E-state index contributed by atoms with van der Waals surface area (Å²) in [5, 5.41) is 3.87. The number of fused-ring (bicyclic) bond motifs is 2. The molecular formula is C21H19N3O4. The minimum Gasteiger partial charge on any atom is -0.459 e. The number of aromatic nitrogens is 2. The lowest BCUT2D eigenvalue weighted by molar-refractivity contribution is 0.0936. The summed E-state index contributed by atoms with van der Waals surface area (Å²) in [4.78, 5) is 39.0. The molecule has 2 N–H and O–H groups in total. The van der Waals surface area contributed by atoms with Crippen molar-refractivity contribution in [3.8, 4) is 0 Å². The molecule has 0 aliphatic heterocycles. The van der Waals surface area contributed by atoms with Gasteiger partial charge in [0.2, 0.25) is 0 Å². The summed E-state index contributed by atoms with van der Waals surface area (Å²) in [7, 11) is 0. The molecule has 0 radical (unpaired) electrons. The van der Waals surface area contributed by atoms with Crippen LogP contribution in [0.2, 0.25) is 0 Å². The van der Waals surface area contributed by atoms with E-state index in [0.29, 0.717) is 28.9 Å². The summed E-state index contributed by atoms with van der Waals surface area (Å²) in [6.07, 6.45) is 0. The van der Waals surface area contributed by atoms with Crippen LogP contribution in [0.5, 0.6) is 0 Å². The molecule has 1 atom stereocenters. The van der Waals surface area contributed by atoms with E-state index in [-0.39, 0.29) is 11.9 Å². The van der Waals surface area contributed by atoms with Crippen LogP contribution in [0, 0.1) is 0 Å². The zero-order valence-corrected chi connectivity index (χ0v) is 15.5. The van der Waals surface area contributed by atoms with Crippen LogP contribution in [0.4, 0.5) is 0 Å². The number of para-hydroxylation sites is 1. The highest BCUT2D eigenvalue weighted by atomic mass is 16.3. The Hall–Kier alpha value is -3.61. The van der Waals surface area contributed by atoms with Crippen molar-refractivity contribution in [3.63, 3.8) is 0 Å². The average molecular weight is 377 g/mol. The Morgan fingerprint density at radius 3 is 2.71 bits per heavy atom. The van der Waals surface area contributed by atoms with E-state index in [2.05, 4.69) is 10.3 Å². The second-order valence-electron chi connectivity index (χ2n) is 6.62. The third-order valence-electron chi connectivity index (χ3n) is 4.77. The first-order valence-corrected chi connectivity index (χ1v) is 9.04. The van der Waals surface area contributed by atoms with Crippen LogP contribution in [-0.2, 0) is 6.54 Å². The van der Waals surface area contributed by atoms with Crippen molar-refractivity contribution < 1.29 is 9.21 Å². The number of furan rings is 1. The Kier molecular flexibility index (Phi) is 4.35. The van der Waals surface area contributed by atoms with Gasteiger partial charge in [0, 0.05) is 17.5 Å². The fraction of sp³-hybridized carbons (Fsp3) is 0.190. The predicted octanol–water partition coefficient (Wildman–Crippen LogP) is 2.95. The largest absolute Gasteiger partial charge is 0.459 e. The van der Waals surface area contributed by atoms with Gasteiger partial charge in [-0.1, -0.05) is 18.2 Å². The SMILES string of the molecule is CCn1c(=O)c(=O)[nH]c2cc(C(=O)N[C@@H](C)c3cc4ccccc4o3)ccc21. The maximum Gasteiger partial charge on any atom is 0.316 e. The van der Waals surface area contributed by atoms with Gasteiger partial charge in [0.1, 0.15) is 11.3 Å². The highest BCUT2D eigenvalue weighted by Gasteiger charge is 2.16. The fourth-order valence-electron chi connectivity index (χ4n) is 3.30. The third-order valence-corrected chi connectivity index (χ3v) is 4.77. The predicted molar refractivity (Wildman–Crippen MR) is 107 cm³/mol. The second kappa shape index (κ2) is 6.84. The summed E-state index contributed by atoms with van der Waals surface area (Å²) in [5.41, 5.74) is 0.851. The Balaban J connectivity index is 1.64. The average Bonchev–Trinajstić information content (AvgIpc) is 3.13. The van der Waals surface area contributed by atoms with Gasteiger partial charge in [0.25, 0.3) is 5.91 Å². The molecule has 0 spiro atoms. The molecule has 28 heavy (non-hydrogen) atoms. The number of carbonyl (C=O) groups excluding carboxylic acids is 1. The van der Waals surface area contributed by atoms with Crippen LogP contribution in [0.15, 0.2) is 62.5 Å². The number of aromatic amines is 1. The van der Waals surface area contributed by atoms with Crippen molar-refractivity contribution in [3.05, 3.63) is 80.6 Å². The van der Waals surface area contributed by atoms with Crippen molar-refractivity contribution in [1.29, 1.82) is 0 Å². The number of nitrogens with zero attached hydrogens (tertiary/aromatic N) is 1. The van der Waals surface area contributed by atoms with Gasteiger partial charge in [-0.05, 0) is 44.2 Å². The first kappa shape index (κ1) is 17.8. The molecule has 1 amide bonds. The molecule has 0 aliphatic rings. The van der Waals surface area contributed by atoms with E-state index in [1.807, 2.05) is 37.3 Å². The van der Waals surface area contributed by atoms with Gasteiger partial charge in [0.05, 0.1) is 17.1 Å². The molecule has 0 fully saturated rings. The highest BCUT2D eigenvalue weighted by molar-refractivity contribution is 5.97.